The Morgan fingerprint density at radius 1 is 1.35 bits per heavy atom. The van der Waals surface area contributed by atoms with Crippen molar-refractivity contribution in [3.05, 3.63) is 17.0 Å². The van der Waals surface area contributed by atoms with Crippen LogP contribution in [0, 0.1) is 5.92 Å². The SMILES string of the molecule is NC(=O)C1CCN(c2cc(Cl)nc(C(F)(F)F)n2)CC1. The standard InChI is InChI=1S/C11H12ClF3N4O/c12-7-5-8(18-10(17-7)11(13,14)15)19-3-1-6(2-4-19)9(16)20/h5-6H,1-4H2,(H2,16,20). The number of hydrogen-bond acceptors (Lipinski definition) is 4. The van der Waals surface area contributed by atoms with Crippen molar-refractivity contribution >= 4 is 23.3 Å². The molecule has 5 nitrogen and oxygen atoms in total. The molecule has 9 heteroatoms. The van der Waals surface area contributed by atoms with Crippen LogP contribution < -0.4 is 10.6 Å². The van der Waals surface area contributed by atoms with Gasteiger partial charge in [0.1, 0.15) is 11.0 Å². The van der Waals surface area contributed by atoms with Crippen LogP contribution in [0.1, 0.15) is 18.7 Å². The molecular formula is C11H12ClF3N4O. The maximum absolute atomic E-state index is 12.6. The first-order valence-electron chi connectivity index (χ1n) is 5.93. The normalized spacial score (nSPS) is 17.3. The van der Waals surface area contributed by atoms with Crippen molar-refractivity contribution in [1.29, 1.82) is 0 Å². The van der Waals surface area contributed by atoms with Gasteiger partial charge in [-0.2, -0.15) is 13.2 Å². The van der Waals surface area contributed by atoms with E-state index in [4.69, 9.17) is 17.3 Å². The number of nitrogens with zero attached hydrogens (tertiary/aromatic N) is 3. The van der Waals surface area contributed by atoms with E-state index in [1.807, 2.05) is 0 Å². The number of carbonyl (C=O) groups excluding carboxylic acids is 1. The maximum Gasteiger partial charge on any atom is 0.451 e. The van der Waals surface area contributed by atoms with Crippen molar-refractivity contribution in [2.45, 2.75) is 19.0 Å². The molecule has 0 aliphatic carbocycles. The van der Waals surface area contributed by atoms with Crippen LogP contribution in [0.5, 0.6) is 0 Å². The predicted octanol–water partition coefficient (Wildman–Crippen LogP) is 1.85. The van der Waals surface area contributed by atoms with Crippen molar-refractivity contribution in [2.75, 3.05) is 18.0 Å². The number of halogens is 4. The van der Waals surface area contributed by atoms with Crippen LogP contribution in [-0.4, -0.2) is 29.0 Å². The molecule has 0 radical (unpaired) electrons. The zero-order chi connectivity index (χ0) is 14.9. The number of hydrogen-bond donors (Lipinski definition) is 1. The first-order valence-corrected chi connectivity index (χ1v) is 6.31. The average Bonchev–Trinajstić information content (AvgIpc) is 2.37. The molecule has 1 aromatic rings. The number of rotatable bonds is 2. The Balaban J connectivity index is 2.18. The quantitative estimate of drug-likeness (QED) is 0.846. The molecule has 1 saturated heterocycles. The summed E-state index contributed by atoms with van der Waals surface area (Å²) < 4.78 is 37.9. The lowest BCUT2D eigenvalue weighted by atomic mass is 9.96. The average molecular weight is 309 g/mol. The first-order chi connectivity index (χ1) is 9.27. The summed E-state index contributed by atoms with van der Waals surface area (Å²) >= 11 is 5.60. The Bertz CT molecular complexity index is 515. The minimum Gasteiger partial charge on any atom is -0.369 e. The number of amides is 1. The Hall–Kier alpha value is -1.57. The first kappa shape index (κ1) is 14.8. The highest BCUT2D eigenvalue weighted by atomic mass is 35.5. The van der Waals surface area contributed by atoms with Gasteiger partial charge in [-0.3, -0.25) is 4.79 Å². The van der Waals surface area contributed by atoms with Gasteiger partial charge in [0, 0.05) is 25.1 Å². The van der Waals surface area contributed by atoms with E-state index >= 15 is 0 Å². The summed E-state index contributed by atoms with van der Waals surface area (Å²) in [7, 11) is 0. The minimum atomic E-state index is -4.65. The molecule has 1 aromatic heterocycles. The monoisotopic (exact) mass is 308 g/mol. The molecule has 1 aliphatic rings. The van der Waals surface area contributed by atoms with E-state index < -0.39 is 12.0 Å². The zero-order valence-electron chi connectivity index (χ0n) is 10.3. The summed E-state index contributed by atoms with van der Waals surface area (Å²) in [4.78, 5) is 19.3. The summed E-state index contributed by atoms with van der Waals surface area (Å²) in [6.45, 7) is 0.802. The number of carbonyl (C=O) groups is 1. The summed E-state index contributed by atoms with van der Waals surface area (Å²) in [5, 5.41) is -0.264. The van der Waals surface area contributed by atoms with E-state index in [-0.39, 0.29) is 22.8 Å². The van der Waals surface area contributed by atoms with Gasteiger partial charge in [0.15, 0.2) is 0 Å². The highest BCUT2D eigenvalue weighted by Gasteiger charge is 2.36. The molecule has 0 unspecified atom stereocenters. The fourth-order valence-electron chi connectivity index (χ4n) is 2.09. The number of alkyl halides is 3. The Labute approximate surface area is 117 Å². The van der Waals surface area contributed by atoms with E-state index in [1.54, 1.807) is 4.90 Å². The molecule has 1 fully saturated rings. The molecule has 1 aliphatic heterocycles. The second kappa shape index (κ2) is 5.43. The van der Waals surface area contributed by atoms with Crippen molar-refractivity contribution < 1.29 is 18.0 Å². The smallest absolute Gasteiger partial charge is 0.369 e. The summed E-state index contributed by atoms with van der Waals surface area (Å²) in [5.74, 6) is -1.79. The second-order valence-electron chi connectivity index (χ2n) is 4.53. The third-order valence-electron chi connectivity index (χ3n) is 3.16. The molecule has 0 bridgehead atoms. The van der Waals surface area contributed by atoms with E-state index in [9.17, 15) is 18.0 Å². The molecule has 0 aromatic carbocycles. The highest BCUT2D eigenvalue weighted by molar-refractivity contribution is 6.29. The fourth-order valence-corrected chi connectivity index (χ4v) is 2.27. The lowest BCUT2D eigenvalue weighted by molar-refractivity contribution is -0.144. The van der Waals surface area contributed by atoms with Gasteiger partial charge in [0.2, 0.25) is 11.7 Å². The van der Waals surface area contributed by atoms with Gasteiger partial charge in [0.25, 0.3) is 0 Å². The zero-order valence-corrected chi connectivity index (χ0v) is 11.1. The fraction of sp³-hybridized carbons (Fsp3) is 0.545. The van der Waals surface area contributed by atoms with Crippen molar-refractivity contribution in [1.82, 2.24) is 9.97 Å². The third-order valence-corrected chi connectivity index (χ3v) is 3.35. The number of anilines is 1. The molecule has 2 rings (SSSR count). The Kier molecular flexibility index (Phi) is 4.03. The maximum atomic E-state index is 12.6. The van der Waals surface area contributed by atoms with Gasteiger partial charge >= 0.3 is 6.18 Å². The molecule has 20 heavy (non-hydrogen) atoms. The van der Waals surface area contributed by atoms with E-state index in [0.717, 1.165) is 0 Å². The van der Waals surface area contributed by atoms with Gasteiger partial charge in [-0.25, -0.2) is 9.97 Å². The van der Waals surface area contributed by atoms with Gasteiger partial charge in [-0.05, 0) is 12.8 Å². The third kappa shape index (κ3) is 3.30. The van der Waals surface area contributed by atoms with Crippen LogP contribution in [0.3, 0.4) is 0 Å². The number of primary amides is 1. The van der Waals surface area contributed by atoms with Crippen LogP contribution >= 0.6 is 11.6 Å². The van der Waals surface area contributed by atoms with Crippen molar-refractivity contribution in [3.8, 4) is 0 Å². The van der Waals surface area contributed by atoms with Crippen molar-refractivity contribution in [3.63, 3.8) is 0 Å². The van der Waals surface area contributed by atoms with Crippen LogP contribution in [0.2, 0.25) is 5.15 Å². The largest absolute Gasteiger partial charge is 0.451 e. The van der Waals surface area contributed by atoms with Gasteiger partial charge in [0.05, 0.1) is 0 Å². The highest BCUT2D eigenvalue weighted by Crippen LogP contribution is 2.30. The molecule has 1 amide bonds. The molecule has 2 N–H and O–H groups in total. The van der Waals surface area contributed by atoms with E-state index in [2.05, 4.69) is 9.97 Å². The molecule has 0 saturated carbocycles. The van der Waals surface area contributed by atoms with Gasteiger partial charge in [-0.15, -0.1) is 0 Å². The van der Waals surface area contributed by atoms with Crippen LogP contribution in [0.4, 0.5) is 19.0 Å². The topological polar surface area (TPSA) is 72.1 Å². The van der Waals surface area contributed by atoms with Crippen LogP contribution in [-0.2, 0) is 11.0 Å². The number of piperidine rings is 1. The molecule has 110 valence electrons. The molecular weight excluding hydrogens is 297 g/mol. The van der Waals surface area contributed by atoms with E-state index in [1.165, 1.54) is 6.07 Å². The Morgan fingerprint density at radius 2 is 1.95 bits per heavy atom. The lowest BCUT2D eigenvalue weighted by Crippen LogP contribution is -2.39. The number of aromatic nitrogens is 2. The Morgan fingerprint density at radius 3 is 2.45 bits per heavy atom. The van der Waals surface area contributed by atoms with Gasteiger partial charge in [-0.1, -0.05) is 11.6 Å². The molecule has 2 heterocycles. The van der Waals surface area contributed by atoms with Crippen LogP contribution in [0.25, 0.3) is 0 Å². The summed E-state index contributed by atoms with van der Waals surface area (Å²) in [5.41, 5.74) is 5.20. The molecule has 0 atom stereocenters. The minimum absolute atomic E-state index is 0.111. The second-order valence-corrected chi connectivity index (χ2v) is 4.92. The number of nitrogens with two attached hydrogens (primary N) is 1. The van der Waals surface area contributed by atoms with Gasteiger partial charge < -0.3 is 10.6 Å². The summed E-state index contributed by atoms with van der Waals surface area (Å²) in [6.07, 6.45) is -3.68. The van der Waals surface area contributed by atoms with Crippen molar-refractivity contribution in [2.24, 2.45) is 11.7 Å². The van der Waals surface area contributed by atoms with Crippen LogP contribution in [0.15, 0.2) is 6.07 Å². The lowest BCUT2D eigenvalue weighted by Gasteiger charge is -2.31. The van der Waals surface area contributed by atoms with E-state index in [0.29, 0.717) is 25.9 Å². The molecule has 0 spiro atoms. The summed E-state index contributed by atoms with van der Waals surface area (Å²) in [6, 6.07) is 1.28. The predicted molar refractivity (Wildman–Crippen MR) is 66.2 cm³/mol.